The van der Waals surface area contributed by atoms with Gasteiger partial charge in [-0.05, 0) is 19.1 Å². The van der Waals surface area contributed by atoms with Crippen molar-refractivity contribution in [2.75, 3.05) is 0 Å². The first-order valence-electron chi connectivity index (χ1n) is 4.49. The van der Waals surface area contributed by atoms with Crippen LogP contribution in [0, 0.1) is 18.3 Å². The predicted octanol–water partition coefficient (Wildman–Crippen LogP) is 3.77. The summed E-state index contributed by atoms with van der Waals surface area (Å²) in [5.74, 6) is 0.624. The number of nitrogens with zero attached hydrogens (tertiary/aromatic N) is 2. The maximum absolute atomic E-state index is 8.80. The summed E-state index contributed by atoms with van der Waals surface area (Å²) in [6, 6.07) is 5.38. The molecule has 0 unspecified atom stereocenters. The Bertz CT molecular complexity index is 546. The van der Waals surface area contributed by atoms with Crippen molar-refractivity contribution < 1.29 is 4.74 Å². The van der Waals surface area contributed by atoms with Gasteiger partial charge in [-0.2, -0.15) is 5.26 Å². The minimum atomic E-state index is 0.427. The summed E-state index contributed by atoms with van der Waals surface area (Å²) in [5.41, 5.74) is 1.20. The average molecular weight is 251 g/mol. The molecule has 80 valence electrons. The van der Waals surface area contributed by atoms with Crippen LogP contribution in [0.2, 0.25) is 5.02 Å². The molecule has 1 aromatic carbocycles. The Labute approximate surface area is 102 Å². The van der Waals surface area contributed by atoms with Gasteiger partial charge in [0.05, 0.1) is 10.6 Å². The van der Waals surface area contributed by atoms with Gasteiger partial charge in [-0.15, -0.1) is 0 Å². The zero-order chi connectivity index (χ0) is 11.5. The Hall–Kier alpha value is -1.57. The van der Waals surface area contributed by atoms with Crippen LogP contribution in [-0.2, 0) is 0 Å². The highest BCUT2D eigenvalue weighted by atomic mass is 35.5. The van der Waals surface area contributed by atoms with E-state index in [2.05, 4.69) is 4.98 Å². The Morgan fingerprint density at radius 1 is 1.50 bits per heavy atom. The van der Waals surface area contributed by atoms with Gasteiger partial charge < -0.3 is 4.74 Å². The molecule has 0 aliphatic carbocycles. The van der Waals surface area contributed by atoms with Gasteiger partial charge in [-0.25, -0.2) is 4.98 Å². The van der Waals surface area contributed by atoms with Crippen molar-refractivity contribution >= 4 is 22.9 Å². The van der Waals surface area contributed by atoms with E-state index in [9.17, 15) is 0 Å². The zero-order valence-corrected chi connectivity index (χ0v) is 9.97. The molecule has 0 amide bonds. The van der Waals surface area contributed by atoms with Gasteiger partial charge in [0.25, 0.3) is 5.19 Å². The second-order valence-electron chi connectivity index (χ2n) is 3.06. The van der Waals surface area contributed by atoms with Crippen LogP contribution in [0.25, 0.3) is 0 Å². The third kappa shape index (κ3) is 2.01. The second kappa shape index (κ2) is 4.52. The molecule has 2 aromatic rings. The Morgan fingerprint density at radius 2 is 2.31 bits per heavy atom. The van der Waals surface area contributed by atoms with Crippen LogP contribution in [-0.4, -0.2) is 4.98 Å². The fourth-order valence-corrected chi connectivity index (χ4v) is 1.92. The lowest BCUT2D eigenvalue weighted by Gasteiger charge is -2.07. The van der Waals surface area contributed by atoms with E-state index >= 15 is 0 Å². The Morgan fingerprint density at radius 3 is 2.94 bits per heavy atom. The molecule has 0 saturated carbocycles. The van der Waals surface area contributed by atoms with E-state index < -0.39 is 0 Å². The molecular formula is C11H7ClN2OS. The van der Waals surface area contributed by atoms with Gasteiger partial charge in [0.1, 0.15) is 11.8 Å². The fraction of sp³-hybridized carbons (Fsp3) is 0.0909. The maximum Gasteiger partial charge on any atom is 0.278 e. The first kappa shape index (κ1) is 10.9. The number of hydrogen-bond acceptors (Lipinski definition) is 4. The van der Waals surface area contributed by atoms with Crippen LogP contribution in [0.15, 0.2) is 23.7 Å². The summed E-state index contributed by atoms with van der Waals surface area (Å²) < 4.78 is 5.54. The van der Waals surface area contributed by atoms with Crippen LogP contribution < -0.4 is 4.74 Å². The molecule has 1 heterocycles. The fourth-order valence-electron chi connectivity index (χ4n) is 1.22. The molecule has 0 saturated heterocycles. The van der Waals surface area contributed by atoms with Gasteiger partial charge in [0.2, 0.25) is 0 Å². The maximum atomic E-state index is 8.80. The topological polar surface area (TPSA) is 45.9 Å². The molecule has 0 N–H and O–H groups in total. The third-order valence-electron chi connectivity index (χ3n) is 2.06. The van der Waals surface area contributed by atoms with Crippen molar-refractivity contribution in [3.63, 3.8) is 0 Å². The van der Waals surface area contributed by atoms with Crippen molar-refractivity contribution in [3.8, 4) is 17.0 Å². The summed E-state index contributed by atoms with van der Waals surface area (Å²) in [4.78, 5) is 4.01. The first-order chi connectivity index (χ1) is 7.72. The molecule has 5 heteroatoms. The van der Waals surface area contributed by atoms with Crippen molar-refractivity contribution in [1.82, 2.24) is 4.98 Å². The molecule has 0 bridgehead atoms. The first-order valence-corrected chi connectivity index (χ1v) is 5.74. The quantitative estimate of drug-likeness (QED) is 0.815. The third-order valence-corrected chi connectivity index (χ3v) is 3.20. The molecular weight excluding hydrogens is 244 g/mol. The monoisotopic (exact) mass is 250 g/mol. The average Bonchev–Trinajstić information content (AvgIpc) is 2.78. The second-order valence-corrected chi connectivity index (χ2v) is 4.30. The number of nitriles is 1. The lowest BCUT2D eigenvalue weighted by atomic mass is 10.1. The number of benzene rings is 1. The van der Waals surface area contributed by atoms with Crippen molar-refractivity contribution in [3.05, 3.63) is 39.9 Å². The summed E-state index contributed by atoms with van der Waals surface area (Å²) in [7, 11) is 0. The number of aromatic nitrogens is 1. The van der Waals surface area contributed by atoms with Gasteiger partial charge in [-0.3, -0.25) is 0 Å². The number of hydrogen-bond donors (Lipinski definition) is 0. The zero-order valence-electron chi connectivity index (χ0n) is 8.40. The van der Waals surface area contributed by atoms with E-state index in [-0.39, 0.29) is 0 Å². The van der Waals surface area contributed by atoms with Crippen molar-refractivity contribution in [1.29, 1.82) is 5.26 Å². The molecule has 3 nitrogen and oxygen atoms in total. The van der Waals surface area contributed by atoms with E-state index in [1.54, 1.807) is 18.3 Å². The standard InChI is InChI=1S/C11H7ClN2OS/c1-7-9(15-11-14-4-5-16-11)3-2-8(6-13)10(7)12/h2-5H,1H3. The molecule has 0 aliphatic rings. The number of ether oxygens (including phenoxy) is 1. The van der Waals surface area contributed by atoms with E-state index in [0.717, 1.165) is 5.56 Å². The molecule has 0 fully saturated rings. The van der Waals surface area contributed by atoms with Crippen molar-refractivity contribution in [2.45, 2.75) is 6.92 Å². The summed E-state index contributed by atoms with van der Waals surface area (Å²) in [5, 5.41) is 11.6. The minimum Gasteiger partial charge on any atom is -0.431 e. The number of rotatable bonds is 2. The van der Waals surface area contributed by atoms with Gasteiger partial charge in [0, 0.05) is 17.1 Å². The van der Waals surface area contributed by atoms with Gasteiger partial charge >= 0.3 is 0 Å². The highest BCUT2D eigenvalue weighted by molar-refractivity contribution is 7.11. The SMILES string of the molecule is Cc1c(Oc2nccs2)ccc(C#N)c1Cl. The Balaban J connectivity index is 2.37. The van der Waals surface area contributed by atoms with E-state index in [1.165, 1.54) is 11.3 Å². The van der Waals surface area contributed by atoms with Gasteiger partial charge in [-0.1, -0.05) is 22.9 Å². The van der Waals surface area contributed by atoms with Crippen LogP contribution >= 0.6 is 22.9 Å². The molecule has 0 spiro atoms. The van der Waals surface area contributed by atoms with Crippen LogP contribution in [0.4, 0.5) is 0 Å². The van der Waals surface area contributed by atoms with Gasteiger partial charge in [0.15, 0.2) is 0 Å². The van der Waals surface area contributed by atoms with E-state index in [4.69, 9.17) is 21.6 Å². The van der Waals surface area contributed by atoms with Crippen LogP contribution in [0.5, 0.6) is 10.9 Å². The lowest BCUT2D eigenvalue weighted by molar-refractivity contribution is 0.475. The van der Waals surface area contributed by atoms with Crippen LogP contribution in [0.1, 0.15) is 11.1 Å². The molecule has 16 heavy (non-hydrogen) atoms. The molecule has 2 rings (SSSR count). The number of halogens is 1. The highest BCUT2D eigenvalue weighted by Crippen LogP contribution is 2.32. The van der Waals surface area contributed by atoms with Crippen LogP contribution in [0.3, 0.4) is 0 Å². The smallest absolute Gasteiger partial charge is 0.278 e. The minimum absolute atomic E-state index is 0.427. The lowest BCUT2D eigenvalue weighted by Crippen LogP contribution is -1.89. The van der Waals surface area contributed by atoms with Crippen molar-refractivity contribution in [2.24, 2.45) is 0 Å². The molecule has 0 radical (unpaired) electrons. The largest absolute Gasteiger partial charge is 0.431 e. The summed E-state index contributed by atoms with van der Waals surface area (Å²) in [6.07, 6.45) is 1.67. The Kier molecular flexibility index (Phi) is 3.09. The van der Waals surface area contributed by atoms with E-state index in [1.807, 2.05) is 18.4 Å². The molecule has 1 aromatic heterocycles. The predicted molar refractivity (Wildman–Crippen MR) is 63.1 cm³/mol. The summed E-state index contributed by atoms with van der Waals surface area (Å²) in [6.45, 7) is 1.81. The highest BCUT2D eigenvalue weighted by Gasteiger charge is 2.10. The number of thiazole rings is 1. The summed E-state index contributed by atoms with van der Waals surface area (Å²) >= 11 is 7.42. The van der Waals surface area contributed by atoms with E-state index in [0.29, 0.717) is 21.5 Å². The normalized spacial score (nSPS) is 9.81. The molecule has 0 aliphatic heterocycles. The molecule has 0 atom stereocenters.